The molecule has 4 aromatic rings. The van der Waals surface area contributed by atoms with Crippen LogP contribution in [0.4, 0.5) is 11.4 Å². The average molecular weight is 326 g/mol. The number of fused-ring (bicyclic) bond motifs is 2. The van der Waals surface area contributed by atoms with Crippen LogP contribution in [-0.4, -0.2) is 17.5 Å². The average Bonchev–Trinajstić information content (AvgIpc) is 3.18. The molecule has 2 aromatic carbocycles. The van der Waals surface area contributed by atoms with Gasteiger partial charge in [0.25, 0.3) is 0 Å². The summed E-state index contributed by atoms with van der Waals surface area (Å²) in [6.07, 6.45) is 0. The van der Waals surface area contributed by atoms with Crippen LogP contribution in [-0.2, 0) is 0 Å². The molecule has 0 aliphatic rings. The molecule has 0 radical (unpaired) electrons. The van der Waals surface area contributed by atoms with E-state index in [-0.39, 0.29) is 0 Å². The topological polar surface area (TPSA) is 76.3 Å². The van der Waals surface area contributed by atoms with Crippen molar-refractivity contribution in [3.8, 4) is 0 Å². The lowest BCUT2D eigenvalue weighted by Crippen LogP contribution is -1.78. The van der Waals surface area contributed by atoms with Crippen molar-refractivity contribution in [1.29, 1.82) is 0 Å². The molecule has 0 bridgehead atoms. The molecule has 0 saturated heterocycles. The monoisotopic (exact) mass is 326 g/mol. The van der Waals surface area contributed by atoms with Crippen LogP contribution in [0.2, 0.25) is 0 Å². The summed E-state index contributed by atoms with van der Waals surface area (Å²) in [5.41, 5.74) is 6.93. The number of azo groups is 1. The fourth-order valence-corrected chi connectivity index (χ4v) is 3.45. The van der Waals surface area contributed by atoms with Gasteiger partial charge in [-0.25, -0.2) is 0 Å². The number of hydrogen-bond donors (Lipinski definition) is 0. The maximum atomic E-state index is 4.34. The van der Waals surface area contributed by atoms with Crippen LogP contribution in [0.25, 0.3) is 22.1 Å². The van der Waals surface area contributed by atoms with Crippen LogP contribution in [0.5, 0.6) is 0 Å². The molecular weight excluding hydrogens is 316 g/mol. The number of rotatable bonds is 2. The Morgan fingerprint density at radius 1 is 0.636 bits per heavy atom. The van der Waals surface area contributed by atoms with Gasteiger partial charge in [-0.1, -0.05) is 12.1 Å². The van der Waals surface area contributed by atoms with E-state index in [0.717, 1.165) is 33.2 Å². The van der Waals surface area contributed by atoms with Gasteiger partial charge in [0.1, 0.15) is 33.4 Å². The Bertz CT molecular complexity index is 935. The third kappa shape index (κ3) is 2.08. The van der Waals surface area contributed by atoms with Gasteiger partial charge in [-0.2, -0.15) is 17.5 Å². The van der Waals surface area contributed by atoms with Crippen molar-refractivity contribution in [1.82, 2.24) is 17.5 Å². The third-order valence-corrected chi connectivity index (χ3v) is 4.51. The molecule has 2 aromatic heterocycles. The predicted molar refractivity (Wildman–Crippen MR) is 88.5 cm³/mol. The van der Waals surface area contributed by atoms with Gasteiger partial charge >= 0.3 is 0 Å². The quantitative estimate of drug-likeness (QED) is 0.499. The van der Waals surface area contributed by atoms with Crippen molar-refractivity contribution in [3.63, 3.8) is 0 Å². The van der Waals surface area contributed by atoms with E-state index in [1.54, 1.807) is 0 Å². The molecule has 0 N–H and O–H groups in total. The number of aryl methyl sites for hydroxylation is 2. The predicted octanol–water partition coefficient (Wildman–Crippen LogP) is 4.73. The molecule has 0 fully saturated rings. The summed E-state index contributed by atoms with van der Waals surface area (Å²) in [4.78, 5) is 0. The minimum Gasteiger partial charge on any atom is -0.173 e. The van der Waals surface area contributed by atoms with Crippen molar-refractivity contribution in [2.45, 2.75) is 13.8 Å². The zero-order valence-corrected chi connectivity index (χ0v) is 13.4. The maximum Gasteiger partial charge on any atom is 0.132 e. The van der Waals surface area contributed by atoms with Gasteiger partial charge in [-0.05, 0) is 37.1 Å². The van der Waals surface area contributed by atoms with Crippen LogP contribution in [0.1, 0.15) is 11.1 Å². The summed E-state index contributed by atoms with van der Waals surface area (Å²) >= 11 is 2.37. The summed E-state index contributed by atoms with van der Waals surface area (Å²) in [6.45, 7) is 4.02. The summed E-state index contributed by atoms with van der Waals surface area (Å²) in [6, 6.07) is 7.78. The molecule has 6 nitrogen and oxygen atoms in total. The van der Waals surface area contributed by atoms with Crippen molar-refractivity contribution in [2.75, 3.05) is 0 Å². The molecule has 0 spiro atoms. The van der Waals surface area contributed by atoms with E-state index >= 15 is 0 Å². The van der Waals surface area contributed by atoms with Gasteiger partial charge in [0.15, 0.2) is 0 Å². The molecule has 0 aliphatic carbocycles. The van der Waals surface area contributed by atoms with E-state index in [1.807, 2.05) is 38.1 Å². The second-order valence-corrected chi connectivity index (χ2v) is 5.98. The fourth-order valence-electron chi connectivity index (χ4n) is 2.22. The first-order valence-electron chi connectivity index (χ1n) is 6.59. The maximum absolute atomic E-state index is 4.34. The Balaban J connectivity index is 1.83. The Kier molecular flexibility index (Phi) is 3.12. The van der Waals surface area contributed by atoms with Gasteiger partial charge in [-0.15, -0.1) is 10.2 Å². The van der Waals surface area contributed by atoms with Crippen LogP contribution in [0, 0.1) is 13.8 Å². The van der Waals surface area contributed by atoms with Crippen LogP contribution >= 0.6 is 23.5 Å². The minimum absolute atomic E-state index is 0.714. The Hall–Kier alpha value is -2.32. The molecule has 8 heteroatoms. The zero-order chi connectivity index (χ0) is 15.1. The SMILES string of the molecule is Cc1ccc(/N=N/c2ccc(C)c3nsnc23)c2nsnc12. The van der Waals surface area contributed by atoms with Gasteiger partial charge in [0, 0.05) is 0 Å². The largest absolute Gasteiger partial charge is 0.173 e. The molecule has 0 saturated carbocycles. The second kappa shape index (κ2) is 5.15. The standard InChI is InChI=1S/C14H10N6S2/c1-7-3-5-9(13-11(7)17-21-19-13)15-16-10-6-4-8(2)12-14(10)20-22-18-12/h3-6H,1-2H3/b16-15+. The van der Waals surface area contributed by atoms with E-state index in [2.05, 4.69) is 27.7 Å². The zero-order valence-electron chi connectivity index (χ0n) is 11.8. The van der Waals surface area contributed by atoms with Crippen molar-refractivity contribution < 1.29 is 0 Å². The molecule has 2 heterocycles. The normalized spacial score (nSPS) is 11.9. The van der Waals surface area contributed by atoms with E-state index < -0.39 is 0 Å². The Labute approximate surface area is 134 Å². The first kappa shape index (κ1) is 13.4. The van der Waals surface area contributed by atoms with Gasteiger partial charge in [0.05, 0.1) is 23.5 Å². The number of aromatic nitrogens is 4. The Morgan fingerprint density at radius 2 is 1.05 bits per heavy atom. The third-order valence-electron chi connectivity index (χ3n) is 3.46. The highest BCUT2D eigenvalue weighted by Crippen LogP contribution is 2.31. The number of hydrogen-bond acceptors (Lipinski definition) is 8. The first-order valence-corrected chi connectivity index (χ1v) is 8.05. The van der Waals surface area contributed by atoms with Crippen LogP contribution in [0.3, 0.4) is 0 Å². The molecule has 108 valence electrons. The minimum atomic E-state index is 0.714. The van der Waals surface area contributed by atoms with Crippen LogP contribution in [0.15, 0.2) is 34.5 Å². The second-order valence-electron chi connectivity index (χ2n) is 4.93. The van der Waals surface area contributed by atoms with E-state index in [0.29, 0.717) is 11.4 Å². The van der Waals surface area contributed by atoms with Crippen molar-refractivity contribution >= 4 is 56.9 Å². The van der Waals surface area contributed by atoms with Gasteiger partial charge in [0.2, 0.25) is 0 Å². The smallest absolute Gasteiger partial charge is 0.132 e. The van der Waals surface area contributed by atoms with Gasteiger partial charge in [-0.3, -0.25) is 0 Å². The summed E-state index contributed by atoms with van der Waals surface area (Å²) in [7, 11) is 0. The fraction of sp³-hybridized carbons (Fsp3) is 0.143. The molecule has 22 heavy (non-hydrogen) atoms. The molecule has 0 atom stereocenters. The lowest BCUT2D eigenvalue weighted by atomic mass is 10.2. The lowest BCUT2D eigenvalue weighted by molar-refractivity contribution is 1.24. The summed E-state index contributed by atoms with van der Waals surface area (Å²) < 4.78 is 17.2. The Morgan fingerprint density at radius 3 is 1.50 bits per heavy atom. The molecule has 0 aliphatic heterocycles. The molecule has 0 unspecified atom stereocenters. The highest BCUT2D eigenvalue weighted by molar-refractivity contribution is 7.00. The lowest BCUT2D eigenvalue weighted by Gasteiger charge is -1.98. The molecule has 4 rings (SSSR count). The number of benzene rings is 2. The molecule has 0 amide bonds. The van der Waals surface area contributed by atoms with E-state index in [9.17, 15) is 0 Å². The van der Waals surface area contributed by atoms with Crippen molar-refractivity contribution in [3.05, 3.63) is 35.4 Å². The first-order chi connectivity index (χ1) is 10.7. The van der Waals surface area contributed by atoms with Gasteiger partial charge < -0.3 is 0 Å². The molecular formula is C14H10N6S2. The summed E-state index contributed by atoms with van der Waals surface area (Å²) in [5, 5.41) is 8.69. The number of nitrogens with zero attached hydrogens (tertiary/aromatic N) is 6. The van der Waals surface area contributed by atoms with Crippen molar-refractivity contribution in [2.24, 2.45) is 10.2 Å². The highest BCUT2D eigenvalue weighted by Gasteiger charge is 2.09. The van der Waals surface area contributed by atoms with Crippen LogP contribution < -0.4 is 0 Å². The summed E-state index contributed by atoms with van der Waals surface area (Å²) in [5.74, 6) is 0. The van der Waals surface area contributed by atoms with E-state index in [1.165, 1.54) is 23.5 Å². The van der Waals surface area contributed by atoms with E-state index in [4.69, 9.17) is 0 Å². The highest BCUT2D eigenvalue weighted by atomic mass is 32.1.